The molecule has 0 aliphatic heterocycles. The molecule has 0 saturated carbocycles. The van der Waals surface area contributed by atoms with Gasteiger partial charge in [-0.3, -0.25) is 4.79 Å². The predicted octanol–water partition coefficient (Wildman–Crippen LogP) is 5.54. The average Bonchev–Trinajstić information content (AvgIpc) is 3.40. The van der Waals surface area contributed by atoms with E-state index in [1.807, 2.05) is 35.7 Å². The van der Waals surface area contributed by atoms with Gasteiger partial charge in [-0.15, -0.1) is 11.3 Å². The molecule has 0 radical (unpaired) electrons. The molecular weight excluding hydrogens is 406 g/mol. The number of rotatable bonds is 8. The Hall–Kier alpha value is -3.12. The zero-order valence-corrected chi connectivity index (χ0v) is 18.9. The average molecular weight is 434 g/mol. The van der Waals surface area contributed by atoms with Gasteiger partial charge in [-0.1, -0.05) is 44.2 Å². The summed E-state index contributed by atoms with van der Waals surface area (Å²) in [6.07, 6.45) is 0. The first-order chi connectivity index (χ1) is 15.0. The first-order valence-electron chi connectivity index (χ1n) is 10.5. The van der Waals surface area contributed by atoms with Crippen LogP contribution in [0.1, 0.15) is 46.4 Å². The van der Waals surface area contributed by atoms with Crippen molar-refractivity contribution in [1.29, 1.82) is 0 Å². The summed E-state index contributed by atoms with van der Waals surface area (Å²) in [7, 11) is 0. The van der Waals surface area contributed by atoms with Gasteiger partial charge in [0.05, 0.1) is 29.0 Å². The molecule has 0 unspecified atom stereocenters. The van der Waals surface area contributed by atoms with Crippen molar-refractivity contribution in [2.24, 2.45) is 0 Å². The minimum Gasteiger partial charge on any atom is -0.491 e. The van der Waals surface area contributed by atoms with Crippen LogP contribution < -0.4 is 10.1 Å². The highest BCUT2D eigenvalue weighted by atomic mass is 32.1. The lowest BCUT2D eigenvalue weighted by molar-refractivity contribution is 0.0953. The van der Waals surface area contributed by atoms with Gasteiger partial charge in [-0.25, -0.2) is 4.98 Å². The number of nitrogens with one attached hydrogen (secondary N) is 1. The lowest BCUT2D eigenvalue weighted by Gasteiger charge is -2.16. The number of hydrogen-bond donors (Lipinski definition) is 1. The number of nitrogens with zero attached hydrogens (tertiary/aromatic N) is 2. The molecule has 4 rings (SSSR count). The van der Waals surface area contributed by atoms with Crippen molar-refractivity contribution in [2.75, 3.05) is 6.61 Å². The van der Waals surface area contributed by atoms with Gasteiger partial charge in [0.25, 0.3) is 5.91 Å². The van der Waals surface area contributed by atoms with Crippen LogP contribution in [0.4, 0.5) is 0 Å². The van der Waals surface area contributed by atoms with Crippen molar-refractivity contribution in [2.45, 2.75) is 39.8 Å². The summed E-state index contributed by atoms with van der Waals surface area (Å²) in [4.78, 5) is 17.8. The third-order valence-corrected chi connectivity index (χ3v) is 6.12. The SMILES string of the molecule is Cc1ccc(C(C)C)c(OCCn2c(CNC(=O)c3cccs3)nc3ccccc32)c1. The van der Waals surface area contributed by atoms with Gasteiger partial charge >= 0.3 is 0 Å². The van der Waals surface area contributed by atoms with E-state index in [2.05, 4.69) is 54.9 Å². The number of hydrogen-bond acceptors (Lipinski definition) is 4. The molecule has 31 heavy (non-hydrogen) atoms. The summed E-state index contributed by atoms with van der Waals surface area (Å²) in [6, 6.07) is 18.1. The third kappa shape index (κ3) is 4.80. The van der Waals surface area contributed by atoms with Crippen LogP contribution in [0, 0.1) is 6.92 Å². The maximum atomic E-state index is 12.4. The second-order valence-electron chi connectivity index (χ2n) is 7.87. The van der Waals surface area contributed by atoms with E-state index in [0.717, 1.165) is 22.6 Å². The van der Waals surface area contributed by atoms with Crippen molar-refractivity contribution in [3.63, 3.8) is 0 Å². The second-order valence-corrected chi connectivity index (χ2v) is 8.82. The molecule has 160 valence electrons. The quantitative estimate of drug-likeness (QED) is 0.397. The fraction of sp³-hybridized carbons (Fsp3) is 0.280. The summed E-state index contributed by atoms with van der Waals surface area (Å²) in [5.41, 5.74) is 4.36. The standard InChI is InChI=1S/C25H27N3O2S/c1-17(2)19-11-10-18(3)15-22(19)30-13-12-28-21-8-5-4-7-20(21)27-24(28)16-26-25(29)23-9-6-14-31-23/h4-11,14-15,17H,12-13,16H2,1-3H3,(H,26,29). The Bertz CT molecular complexity index is 1180. The van der Waals surface area contributed by atoms with E-state index < -0.39 is 0 Å². The maximum absolute atomic E-state index is 12.4. The van der Waals surface area contributed by atoms with Crippen LogP contribution in [0.25, 0.3) is 11.0 Å². The highest BCUT2D eigenvalue weighted by Gasteiger charge is 2.14. The van der Waals surface area contributed by atoms with Crippen LogP contribution in [0.5, 0.6) is 5.75 Å². The molecule has 0 bridgehead atoms. The molecule has 6 heteroatoms. The Morgan fingerprint density at radius 3 is 2.77 bits per heavy atom. The third-order valence-electron chi connectivity index (χ3n) is 5.25. The van der Waals surface area contributed by atoms with E-state index in [1.165, 1.54) is 22.5 Å². The van der Waals surface area contributed by atoms with Crippen molar-refractivity contribution in [3.8, 4) is 5.75 Å². The van der Waals surface area contributed by atoms with E-state index in [9.17, 15) is 4.79 Å². The van der Waals surface area contributed by atoms with Gasteiger partial charge in [0, 0.05) is 0 Å². The molecule has 2 aromatic carbocycles. The topological polar surface area (TPSA) is 56.1 Å². The number of para-hydroxylation sites is 2. The van der Waals surface area contributed by atoms with E-state index in [4.69, 9.17) is 9.72 Å². The van der Waals surface area contributed by atoms with Gasteiger partial charge in [-0.05, 0) is 53.6 Å². The summed E-state index contributed by atoms with van der Waals surface area (Å²) >= 11 is 1.43. The number of thiophene rings is 1. The zero-order chi connectivity index (χ0) is 21.8. The van der Waals surface area contributed by atoms with Crippen LogP contribution in [0.2, 0.25) is 0 Å². The molecule has 0 aliphatic carbocycles. The number of ether oxygens (including phenoxy) is 1. The molecular formula is C25H27N3O2S. The number of imidazole rings is 1. The molecule has 0 aliphatic rings. The normalized spacial score (nSPS) is 11.2. The van der Waals surface area contributed by atoms with Crippen molar-refractivity contribution in [3.05, 3.63) is 81.8 Å². The van der Waals surface area contributed by atoms with Crippen molar-refractivity contribution in [1.82, 2.24) is 14.9 Å². The molecule has 5 nitrogen and oxygen atoms in total. The number of fused-ring (bicyclic) bond motifs is 1. The number of aromatic nitrogens is 2. The van der Waals surface area contributed by atoms with Crippen LogP contribution in [0.3, 0.4) is 0 Å². The number of amides is 1. The highest BCUT2D eigenvalue weighted by molar-refractivity contribution is 7.12. The number of carbonyl (C=O) groups is 1. The van der Waals surface area contributed by atoms with E-state index >= 15 is 0 Å². The fourth-order valence-electron chi connectivity index (χ4n) is 3.65. The smallest absolute Gasteiger partial charge is 0.261 e. The van der Waals surface area contributed by atoms with Crippen LogP contribution in [-0.4, -0.2) is 22.1 Å². The van der Waals surface area contributed by atoms with Crippen LogP contribution in [-0.2, 0) is 13.1 Å². The Balaban J connectivity index is 1.51. The van der Waals surface area contributed by atoms with Gasteiger partial charge in [0.1, 0.15) is 18.2 Å². The molecule has 0 atom stereocenters. The monoisotopic (exact) mass is 433 g/mol. The molecule has 1 N–H and O–H groups in total. The zero-order valence-electron chi connectivity index (χ0n) is 18.1. The summed E-state index contributed by atoms with van der Waals surface area (Å²) in [5, 5.41) is 4.89. The summed E-state index contributed by atoms with van der Waals surface area (Å²) < 4.78 is 8.34. The highest BCUT2D eigenvalue weighted by Crippen LogP contribution is 2.27. The Labute approximate surface area is 186 Å². The second kappa shape index (κ2) is 9.35. The van der Waals surface area contributed by atoms with Crippen LogP contribution in [0.15, 0.2) is 60.0 Å². The van der Waals surface area contributed by atoms with Crippen LogP contribution >= 0.6 is 11.3 Å². The minimum absolute atomic E-state index is 0.0776. The molecule has 2 heterocycles. The Morgan fingerprint density at radius 1 is 1.16 bits per heavy atom. The summed E-state index contributed by atoms with van der Waals surface area (Å²) in [6.45, 7) is 7.97. The first-order valence-corrected chi connectivity index (χ1v) is 11.4. The molecule has 2 aromatic heterocycles. The number of aryl methyl sites for hydroxylation is 1. The number of carbonyl (C=O) groups excluding carboxylic acids is 1. The van der Waals surface area contributed by atoms with E-state index in [0.29, 0.717) is 30.5 Å². The first kappa shape index (κ1) is 21.1. The maximum Gasteiger partial charge on any atom is 0.261 e. The van der Waals surface area contributed by atoms with Gasteiger partial charge in [-0.2, -0.15) is 0 Å². The lowest BCUT2D eigenvalue weighted by Crippen LogP contribution is -2.24. The van der Waals surface area contributed by atoms with Gasteiger partial charge in [0.2, 0.25) is 0 Å². The molecule has 1 amide bonds. The minimum atomic E-state index is -0.0776. The van der Waals surface area contributed by atoms with E-state index in [1.54, 1.807) is 0 Å². The summed E-state index contributed by atoms with van der Waals surface area (Å²) in [5.74, 6) is 2.08. The van der Waals surface area contributed by atoms with Gasteiger partial charge in [0.15, 0.2) is 0 Å². The Morgan fingerprint density at radius 2 is 2.00 bits per heavy atom. The molecule has 4 aromatic rings. The van der Waals surface area contributed by atoms with Gasteiger partial charge < -0.3 is 14.6 Å². The Kier molecular flexibility index (Phi) is 6.37. The lowest BCUT2D eigenvalue weighted by atomic mass is 10.0. The fourth-order valence-corrected chi connectivity index (χ4v) is 4.29. The van der Waals surface area contributed by atoms with Crippen molar-refractivity contribution >= 4 is 28.3 Å². The molecule has 0 fully saturated rings. The van der Waals surface area contributed by atoms with Crippen molar-refractivity contribution < 1.29 is 9.53 Å². The number of benzene rings is 2. The largest absolute Gasteiger partial charge is 0.491 e. The molecule has 0 spiro atoms. The predicted molar refractivity (Wildman–Crippen MR) is 126 cm³/mol. The van der Waals surface area contributed by atoms with E-state index in [-0.39, 0.29) is 5.91 Å². The molecule has 0 saturated heterocycles.